The van der Waals surface area contributed by atoms with Gasteiger partial charge >= 0.3 is 5.97 Å². The number of carbonyl (C=O) groups is 1. The number of halogens is 1. The third kappa shape index (κ3) is 3.77. The number of para-hydroxylation sites is 1. The van der Waals surface area contributed by atoms with E-state index in [0.29, 0.717) is 11.6 Å². The Bertz CT molecular complexity index is 544. The first-order chi connectivity index (χ1) is 10.0. The molecule has 1 aliphatic heterocycles. The minimum absolute atomic E-state index is 0.125. The number of morpholine rings is 1. The van der Waals surface area contributed by atoms with Gasteiger partial charge in [0.1, 0.15) is 0 Å². The molecule has 0 bridgehead atoms. The van der Waals surface area contributed by atoms with Gasteiger partial charge in [-0.1, -0.05) is 30.7 Å². The molecule has 0 aromatic heterocycles. The lowest BCUT2D eigenvalue weighted by molar-refractivity contribution is -0.131. The number of rotatable bonds is 4. The maximum Gasteiger partial charge on any atom is 0.328 e. The second kappa shape index (κ2) is 6.96. The third-order valence-corrected chi connectivity index (χ3v) is 3.95. The van der Waals surface area contributed by atoms with Crippen LogP contribution in [-0.2, 0) is 9.53 Å². The van der Waals surface area contributed by atoms with Crippen LogP contribution in [0.1, 0.15) is 25.8 Å². The van der Waals surface area contributed by atoms with Crippen LogP contribution in [-0.4, -0.2) is 36.4 Å². The maximum absolute atomic E-state index is 10.8. The Morgan fingerprint density at radius 3 is 3.00 bits per heavy atom. The molecule has 114 valence electrons. The molecule has 1 heterocycles. The second-order valence-electron chi connectivity index (χ2n) is 5.21. The molecule has 4 nitrogen and oxygen atoms in total. The maximum atomic E-state index is 10.8. The van der Waals surface area contributed by atoms with Crippen LogP contribution in [0, 0.1) is 0 Å². The van der Waals surface area contributed by atoms with E-state index in [-0.39, 0.29) is 12.1 Å². The highest BCUT2D eigenvalue weighted by molar-refractivity contribution is 6.33. The number of nitrogens with zero attached hydrogens (tertiary/aromatic N) is 1. The molecule has 1 saturated heterocycles. The Hall–Kier alpha value is -1.52. The van der Waals surface area contributed by atoms with E-state index in [4.69, 9.17) is 21.4 Å². The van der Waals surface area contributed by atoms with Gasteiger partial charge in [0.25, 0.3) is 0 Å². The fourth-order valence-corrected chi connectivity index (χ4v) is 2.88. The molecule has 1 fully saturated rings. The van der Waals surface area contributed by atoms with Gasteiger partial charge in [0.15, 0.2) is 0 Å². The molecular formula is C16H20ClNO3. The first-order valence-electron chi connectivity index (χ1n) is 7.10. The third-order valence-electron chi connectivity index (χ3n) is 3.65. The summed E-state index contributed by atoms with van der Waals surface area (Å²) in [6, 6.07) is 5.80. The zero-order valence-corrected chi connectivity index (χ0v) is 13.0. The molecule has 21 heavy (non-hydrogen) atoms. The van der Waals surface area contributed by atoms with Crippen molar-refractivity contribution in [2.24, 2.45) is 0 Å². The summed E-state index contributed by atoms with van der Waals surface area (Å²) in [7, 11) is 0. The Morgan fingerprint density at radius 2 is 2.33 bits per heavy atom. The molecule has 1 N–H and O–H groups in total. The molecule has 2 rings (SSSR count). The number of hydrogen-bond donors (Lipinski definition) is 1. The van der Waals surface area contributed by atoms with E-state index in [1.165, 1.54) is 0 Å². The number of carboxylic acid groups (broad SMARTS) is 1. The quantitative estimate of drug-likeness (QED) is 0.866. The van der Waals surface area contributed by atoms with E-state index < -0.39 is 5.97 Å². The average molecular weight is 310 g/mol. The van der Waals surface area contributed by atoms with Crippen LogP contribution in [0.3, 0.4) is 0 Å². The van der Waals surface area contributed by atoms with Crippen LogP contribution in [0.15, 0.2) is 24.3 Å². The van der Waals surface area contributed by atoms with Crippen LogP contribution >= 0.6 is 11.6 Å². The summed E-state index contributed by atoms with van der Waals surface area (Å²) < 4.78 is 5.71. The summed E-state index contributed by atoms with van der Waals surface area (Å²) >= 11 is 6.38. The Kier molecular flexibility index (Phi) is 5.26. The van der Waals surface area contributed by atoms with E-state index in [1.54, 1.807) is 6.08 Å². The zero-order chi connectivity index (χ0) is 15.4. The molecule has 2 unspecified atom stereocenters. The molecule has 1 aromatic rings. The van der Waals surface area contributed by atoms with Crippen molar-refractivity contribution in [2.75, 3.05) is 18.1 Å². The van der Waals surface area contributed by atoms with Crippen molar-refractivity contribution in [1.29, 1.82) is 0 Å². The lowest BCUT2D eigenvalue weighted by Crippen LogP contribution is -2.49. The van der Waals surface area contributed by atoms with Crippen molar-refractivity contribution in [3.8, 4) is 0 Å². The summed E-state index contributed by atoms with van der Waals surface area (Å²) in [4.78, 5) is 13.0. The van der Waals surface area contributed by atoms with Gasteiger partial charge < -0.3 is 14.7 Å². The lowest BCUT2D eigenvalue weighted by Gasteiger charge is -2.41. The summed E-state index contributed by atoms with van der Waals surface area (Å²) in [6.07, 6.45) is 3.80. The predicted octanol–water partition coefficient (Wildman–Crippen LogP) is 3.44. The van der Waals surface area contributed by atoms with Gasteiger partial charge in [0.05, 0.1) is 29.5 Å². The fourth-order valence-electron chi connectivity index (χ4n) is 2.59. The predicted molar refractivity (Wildman–Crippen MR) is 85.0 cm³/mol. The second-order valence-corrected chi connectivity index (χ2v) is 5.61. The lowest BCUT2D eigenvalue weighted by atomic mass is 10.1. The smallest absolute Gasteiger partial charge is 0.328 e. The molecule has 0 aliphatic carbocycles. The SMILES string of the molecule is CCC1COC(C)CN1c1c(Cl)cccc1/C=C/C(=O)O. The molecule has 5 heteroatoms. The molecule has 0 spiro atoms. The fraction of sp³-hybridized carbons (Fsp3) is 0.438. The van der Waals surface area contributed by atoms with E-state index in [9.17, 15) is 4.79 Å². The molecule has 0 amide bonds. The summed E-state index contributed by atoms with van der Waals surface area (Å²) in [5.41, 5.74) is 1.70. The summed E-state index contributed by atoms with van der Waals surface area (Å²) in [5, 5.41) is 9.47. The van der Waals surface area contributed by atoms with Crippen molar-refractivity contribution in [1.82, 2.24) is 0 Å². The number of benzene rings is 1. The highest BCUT2D eigenvalue weighted by Crippen LogP contribution is 2.34. The topological polar surface area (TPSA) is 49.8 Å². The summed E-state index contributed by atoms with van der Waals surface area (Å²) in [5.74, 6) is -0.969. The Morgan fingerprint density at radius 1 is 1.57 bits per heavy atom. The van der Waals surface area contributed by atoms with E-state index in [2.05, 4.69) is 11.8 Å². The number of anilines is 1. The van der Waals surface area contributed by atoms with Crippen LogP contribution in [0.5, 0.6) is 0 Å². The van der Waals surface area contributed by atoms with Crippen molar-refractivity contribution in [3.05, 3.63) is 34.9 Å². The monoisotopic (exact) mass is 309 g/mol. The van der Waals surface area contributed by atoms with Gasteiger partial charge in [-0.25, -0.2) is 4.79 Å². The average Bonchev–Trinajstić information content (AvgIpc) is 2.45. The van der Waals surface area contributed by atoms with Gasteiger partial charge in [-0.15, -0.1) is 0 Å². The highest BCUT2D eigenvalue weighted by atomic mass is 35.5. The molecule has 2 atom stereocenters. The molecule has 1 aliphatic rings. The van der Waals surface area contributed by atoms with Crippen molar-refractivity contribution in [2.45, 2.75) is 32.4 Å². The normalized spacial score (nSPS) is 22.7. The van der Waals surface area contributed by atoms with Gasteiger partial charge in [-0.3, -0.25) is 0 Å². The summed E-state index contributed by atoms with van der Waals surface area (Å²) in [6.45, 7) is 5.55. The highest BCUT2D eigenvalue weighted by Gasteiger charge is 2.28. The Balaban J connectivity index is 2.42. The van der Waals surface area contributed by atoms with Crippen LogP contribution in [0.4, 0.5) is 5.69 Å². The van der Waals surface area contributed by atoms with Crippen LogP contribution < -0.4 is 4.90 Å². The largest absolute Gasteiger partial charge is 0.478 e. The molecule has 1 aromatic carbocycles. The van der Waals surface area contributed by atoms with Gasteiger partial charge in [-0.2, -0.15) is 0 Å². The number of aliphatic carboxylic acids is 1. The van der Waals surface area contributed by atoms with Crippen LogP contribution in [0.25, 0.3) is 6.08 Å². The number of hydrogen-bond acceptors (Lipinski definition) is 3. The van der Waals surface area contributed by atoms with E-state index in [0.717, 1.165) is 30.3 Å². The minimum atomic E-state index is -0.969. The molecular weight excluding hydrogens is 290 g/mol. The van der Waals surface area contributed by atoms with Gasteiger partial charge in [0, 0.05) is 12.6 Å². The zero-order valence-electron chi connectivity index (χ0n) is 12.3. The van der Waals surface area contributed by atoms with Crippen molar-refractivity contribution < 1.29 is 14.6 Å². The number of carboxylic acids is 1. The Labute approximate surface area is 130 Å². The molecule has 0 radical (unpaired) electrons. The molecule has 0 saturated carbocycles. The first-order valence-corrected chi connectivity index (χ1v) is 7.48. The van der Waals surface area contributed by atoms with Crippen LogP contribution in [0.2, 0.25) is 5.02 Å². The van der Waals surface area contributed by atoms with E-state index >= 15 is 0 Å². The standard InChI is InChI=1S/C16H20ClNO3/c1-3-13-10-21-11(2)9-18(13)16-12(7-8-15(19)20)5-4-6-14(16)17/h4-8,11,13H,3,9-10H2,1-2H3,(H,19,20)/b8-7+. The van der Waals surface area contributed by atoms with Crippen molar-refractivity contribution in [3.63, 3.8) is 0 Å². The number of ether oxygens (including phenoxy) is 1. The minimum Gasteiger partial charge on any atom is -0.478 e. The first kappa shape index (κ1) is 15.9. The van der Waals surface area contributed by atoms with Gasteiger partial charge in [0.2, 0.25) is 0 Å². The van der Waals surface area contributed by atoms with Crippen molar-refractivity contribution >= 4 is 29.3 Å². The van der Waals surface area contributed by atoms with Gasteiger partial charge in [-0.05, 0) is 31.1 Å². The van der Waals surface area contributed by atoms with E-state index in [1.807, 2.05) is 25.1 Å².